The Morgan fingerprint density at radius 3 is 1.88 bits per heavy atom. The van der Waals surface area contributed by atoms with Gasteiger partial charge in [-0.25, -0.2) is 0 Å². The van der Waals surface area contributed by atoms with Crippen LogP contribution in [0.5, 0.6) is 0 Å². The first-order valence-corrected chi connectivity index (χ1v) is 8.68. The molecule has 0 radical (unpaired) electrons. The van der Waals surface area contributed by atoms with Gasteiger partial charge in [0, 0.05) is 22.5 Å². The van der Waals surface area contributed by atoms with E-state index in [2.05, 4.69) is 28.8 Å². The van der Waals surface area contributed by atoms with Crippen LogP contribution in [0.2, 0.25) is 0 Å². The van der Waals surface area contributed by atoms with Crippen LogP contribution < -0.4 is 0 Å². The van der Waals surface area contributed by atoms with Gasteiger partial charge in [0.25, 0.3) is 0 Å². The number of hydrogen-bond acceptors (Lipinski definition) is 1. The second kappa shape index (κ2) is 6.85. The Morgan fingerprint density at radius 2 is 1.27 bits per heavy atom. The molecule has 0 saturated carbocycles. The summed E-state index contributed by atoms with van der Waals surface area (Å²) in [4.78, 5) is 13.2. The molecule has 126 valence electrons. The van der Waals surface area contributed by atoms with Gasteiger partial charge < -0.3 is 4.57 Å². The molecule has 4 rings (SSSR count). The lowest BCUT2D eigenvalue weighted by Gasteiger charge is -2.13. The number of ketones is 1. The zero-order valence-electron chi connectivity index (χ0n) is 14.6. The number of aromatic nitrogens is 1. The molecule has 0 saturated heterocycles. The molecule has 0 bridgehead atoms. The van der Waals surface area contributed by atoms with Crippen molar-refractivity contribution < 1.29 is 4.79 Å². The molecule has 0 spiro atoms. The van der Waals surface area contributed by atoms with Crippen LogP contribution in [-0.4, -0.2) is 10.4 Å². The van der Waals surface area contributed by atoms with Crippen molar-refractivity contribution in [1.82, 2.24) is 4.57 Å². The standard InChI is InChI=1S/C24H19NO/c1-18-17-22(24(26)20-13-7-3-8-14-20)23(19-11-5-2-6-12-19)25(18)21-15-9-4-10-16-21/h2-17H,1H3. The lowest BCUT2D eigenvalue weighted by atomic mass is 10.00. The molecule has 0 aliphatic carbocycles. The van der Waals surface area contributed by atoms with Gasteiger partial charge >= 0.3 is 0 Å². The van der Waals surface area contributed by atoms with Crippen LogP contribution in [0, 0.1) is 6.92 Å². The topological polar surface area (TPSA) is 22.0 Å². The average molecular weight is 337 g/mol. The molecule has 1 heterocycles. The smallest absolute Gasteiger partial charge is 0.195 e. The van der Waals surface area contributed by atoms with Crippen LogP contribution in [0.4, 0.5) is 0 Å². The molecule has 0 amide bonds. The number of para-hydroxylation sites is 1. The van der Waals surface area contributed by atoms with E-state index in [0.29, 0.717) is 5.56 Å². The van der Waals surface area contributed by atoms with E-state index < -0.39 is 0 Å². The molecule has 0 fully saturated rings. The SMILES string of the molecule is Cc1cc(C(=O)c2ccccc2)c(-c2ccccc2)n1-c1ccccc1. The summed E-state index contributed by atoms with van der Waals surface area (Å²) < 4.78 is 2.16. The second-order valence-electron chi connectivity index (χ2n) is 6.28. The predicted molar refractivity (Wildman–Crippen MR) is 106 cm³/mol. The van der Waals surface area contributed by atoms with E-state index >= 15 is 0 Å². The number of aryl methyl sites for hydroxylation is 1. The van der Waals surface area contributed by atoms with Gasteiger partial charge in [0.1, 0.15) is 0 Å². The van der Waals surface area contributed by atoms with E-state index in [1.54, 1.807) is 0 Å². The van der Waals surface area contributed by atoms with Crippen LogP contribution in [0.1, 0.15) is 21.6 Å². The molecular weight excluding hydrogens is 318 g/mol. The third-order valence-corrected chi connectivity index (χ3v) is 4.53. The molecule has 0 aliphatic heterocycles. The summed E-state index contributed by atoms with van der Waals surface area (Å²) in [6.45, 7) is 2.04. The summed E-state index contributed by atoms with van der Waals surface area (Å²) in [5, 5.41) is 0. The Bertz CT molecular complexity index is 1030. The van der Waals surface area contributed by atoms with E-state index in [4.69, 9.17) is 0 Å². The van der Waals surface area contributed by atoms with Crippen LogP contribution >= 0.6 is 0 Å². The average Bonchev–Trinajstić information content (AvgIpc) is 3.06. The van der Waals surface area contributed by atoms with Crippen molar-refractivity contribution in [2.45, 2.75) is 6.92 Å². The zero-order chi connectivity index (χ0) is 17.9. The van der Waals surface area contributed by atoms with Gasteiger partial charge in [0.15, 0.2) is 5.78 Å². The molecular formula is C24H19NO. The number of rotatable bonds is 4. The van der Waals surface area contributed by atoms with Crippen molar-refractivity contribution in [3.8, 4) is 16.9 Å². The first-order chi connectivity index (χ1) is 12.8. The highest BCUT2D eigenvalue weighted by molar-refractivity contribution is 6.13. The summed E-state index contributed by atoms with van der Waals surface area (Å²) in [5.41, 5.74) is 5.48. The minimum absolute atomic E-state index is 0.0437. The molecule has 2 heteroatoms. The summed E-state index contributed by atoms with van der Waals surface area (Å²) >= 11 is 0. The normalized spacial score (nSPS) is 10.7. The van der Waals surface area contributed by atoms with Gasteiger partial charge in [0.05, 0.1) is 5.69 Å². The lowest BCUT2D eigenvalue weighted by molar-refractivity contribution is 0.103. The maximum absolute atomic E-state index is 13.2. The Labute approximate surface area is 153 Å². The second-order valence-corrected chi connectivity index (χ2v) is 6.28. The van der Waals surface area contributed by atoms with Crippen LogP contribution in [0.3, 0.4) is 0 Å². The quantitative estimate of drug-likeness (QED) is 0.439. The van der Waals surface area contributed by atoms with Crippen LogP contribution in [0.25, 0.3) is 16.9 Å². The summed E-state index contributed by atoms with van der Waals surface area (Å²) in [5.74, 6) is 0.0437. The van der Waals surface area contributed by atoms with Crippen LogP contribution in [0.15, 0.2) is 97.1 Å². The molecule has 0 aliphatic rings. The number of nitrogens with zero attached hydrogens (tertiary/aromatic N) is 1. The van der Waals surface area contributed by atoms with Crippen molar-refractivity contribution in [1.29, 1.82) is 0 Å². The van der Waals surface area contributed by atoms with E-state index in [-0.39, 0.29) is 5.78 Å². The Morgan fingerprint density at radius 1 is 0.731 bits per heavy atom. The summed E-state index contributed by atoms with van der Waals surface area (Å²) in [6.07, 6.45) is 0. The number of hydrogen-bond donors (Lipinski definition) is 0. The Hall–Kier alpha value is -3.39. The van der Waals surface area contributed by atoms with E-state index in [1.165, 1.54) is 0 Å². The highest BCUT2D eigenvalue weighted by Gasteiger charge is 2.21. The maximum atomic E-state index is 13.2. The van der Waals surface area contributed by atoms with Crippen molar-refractivity contribution >= 4 is 5.78 Å². The third kappa shape index (κ3) is 2.86. The number of carbonyl (C=O) groups is 1. The molecule has 4 aromatic rings. The Kier molecular flexibility index (Phi) is 4.24. The van der Waals surface area contributed by atoms with Gasteiger partial charge in [-0.2, -0.15) is 0 Å². The first kappa shape index (κ1) is 16.1. The largest absolute Gasteiger partial charge is 0.313 e. The number of benzene rings is 3. The van der Waals surface area contributed by atoms with Crippen molar-refractivity contribution in [3.63, 3.8) is 0 Å². The van der Waals surface area contributed by atoms with E-state index in [0.717, 1.165) is 28.2 Å². The molecule has 26 heavy (non-hydrogen) atoms. The number of carbonyl (C=O) groups excluding carboxylic acids is 1. The minimum atomic E-state index is 0.0437. The fraction of sp³-hybridized carbons (Fsp3) is 0.0417. The van der Waals surface area contributed by atoms with Crippen molar-refractivity contribution in [2.75, 3.05) is 0 Å². The van der Waals surface area contributed by atoms with Gasteiger partial charge in [-0.1, -0.05) is 78.9 Å². The van der Waals surface area contributed by atoms with Gasteiger partial charge in [0.2, 0.25) is 0 Å². The molecule has 3 aromatic carbocycles. The molecule has 0 unspecified atom stereocenters. The maximum Gasteiger partial charge on any atom is 0.195 e. The van der Waals surface area contributed by atoms with E-state index in [1.807, 2.05) is 79.7 Å². The molecule has 2 nitrogen and oxygen atoms in total. The van der Waals surface area contributed by atoms with Gasteiger partial charge in [-0.15, -0.1) is 0 Å². The van der Waals surface area contributed by atoms with Gasteiger partial charge in [-0.3, -0.25) is 4.79 Å². The highest BCUT2D eigenvalue weighted by atomic mass is 16.1. The molecule has 0 N–H and O–H groups in total. The first-order valence-electron chi connectivity index (χ1n) is 8.68. The lowest BCUT2D eigenvalue weighted by Crippen LogP contribution is -2.04. The van der Waals surface area contributed by atoms with E-state index in [9.17, 15) is 4.79 Å². The fourth-order valence-electron chi connectivity index (χ4n) is 3.35. The van der Waals surface area contributed by atoms with Gasteiger partial charge in [-0.05, 0) is 30.7 Å². The zero-order valence-corrected chi connectivity index (χ0v) is 14.6. The predicted octanol–water partition coefficient (Wildman–Crippen LogP) is 5.68. The third-order valence-electron chi connectivity index (χ3n) is 4.53. The highest BCUT2D eigenvalue weighted by Crippen LogP contribution is 2.32. The summed E-state index contributed by atoms with van der Waals surface area (Å²) in [7, 11) is 0. The fourth-order valence-corrected chi connectivity index (χ4v) is 3.35. The molecule has 1 aromatic heterocycles. The summed E-state index contributed by atoms with van der Waals surface area (Å²) in [6, 6.07) is 31.7. The van der Waals surface area contributed by atoms with Crippen LogP contribution in [-0.2, 0) is 0 Å². The monoisotopic (exact) mass is 337 g/mol. The minimum Gasteiger partial charge on any atom is -0.313 e. The molecule has 0 atom stereocenters. The van der Waals surface area contributed by atoms with Crippen molar-refractivity contribution in [2.24, 2.45) is 0 Å². The van der Waals surface area contributed by atoms with Crippen molar-refractivity contribution in [3.05, 3.63) is 114 Å². The Balaban J connectivity index is 1.97.